The fourth-order valence-corrected chi connectivity index (χ4v) is 3.87. The number of imidazole rings is 1. The van der Waals surface area contributed by atoms with Crippen LogP contribution in [0.5, 0.6) is 0 Å². The molecule has 3 rings (SSSR count). The van der Waals surface area contributed by atoms with E-state index in [1.165, 1.54) is 16.5 Å². The number of aromatic nitrogens is 4. The van der Waals surface area contributed by atoms with Gasteiger partial charge in [0, 0.05) is 14.1 Å². The lowest BCUT2D eigenvalue weighted by Gasteiger charge is -2.23. The molecule has 0 aliphatic heterocycles. The van der Waals surface area contributed by atoms with Gasteiger partial charge in [-0.2, -0.15) is 0 Å². The number of carbonyl (C=O) groups excluding carboxylic acids is 1. The van der Waals surface area contributed by atoms with Crippen molar-refractivity contribution in [1.82, 2.24) is 24.0 Å². The van der Waals surface area contributed by atoms with Crippen LogP contribution in [0.4, 0.5) is 0 Å². The lowest BCUT2D eigenvalue weighted by atomic mass is 9.93. The van der Waals surface area contributed by atoms with Gasteiger partial charge in [0.15, 0.2) is 11.2 Å². The van der Waals surface area contributed by atoms with Crippen LogP contribution >= 0.6 is 0 Å². The van der Waals surface area contributed by atoms with Gasteiger partial charge in [-0.05, 0) is 29.4 Å². The van der Waals surface area contributed by atoms with Crippen molar-refractivity contribution in [3.05, 3.63) is 62.6 Å². The molecule has 0 aliphatic rings. The van der Waals surface area contributed by atoms with Crippen molar-refractivity contribution in [1.29, 1.82) is 0 Å². The van der Waals surface area contributed by atoms with Gasteiger partial charge in [0.1, 0.15) is 6.54 Å². The van der Waals surface area contributed by atoms with Gasteiger partial charge in [-0.3, -0.25) is 14.2 Å². The van der Waals surface area contributed by atoms with E-state index in [2.05, 4.69) is 36.3 Å². The summed E-state index contributed by atoms with van der Waals surface area (Å²) in [5.74, 6) is 0.328. The van der Waals surface area contributed by atoms with E-state index in [1.807, 2.05) is 26.0 Å². The number of hydrogen-bond donors (Lipinski definition) is 1. The number of hydrogen-bond acceptors (Lipinski definition) is 4. The predicted molar refractivity (Wildman–Crippen MR) is 121 cm³/mol. The minimum Gasteiger partial charge on any atom is -0.347 e. The van der Waals surface area contributed by atoms with Crippen LogP contribution in [0, 0.1) is 11.8 Å². The molecule has 8 nitrogen and oxygen atoms in total. The molecule has 0 radical (unpaired) electrons. The SMILES string of the molecule is CC(C)Cc1ccc([C@@H](NC(=O)Cn2c(=O)c3c(ncn3C)n(C)c2=O)C(C)C)cc1. The molecule has 1 N–H and O–H groups in total. The molecular weight excluding hydrogens is 394 g/mol. The molecule has 1 atom stereocenters. The highest BCUT2D eigenvalue weighted by atomic mass is 16.2. The highest BCUT2D eigenvalue weighted by Gasteiger charge is 2.21. The molecule has 0 saturated heterocycles. The number of rotatable bonds is 7. The third-order valence-electron chi connectivity index (χ3n) is 5.47. The monoisotopic (exact) mass is 425 g/mol. The highest BCUT2D eigenvalue weighted by Crippen LogP contribution is 2.22. The number of fused-ring (bicyclic) bond motifs is 1. The van der Waals surface area contributed by atoms with Crippen molar-refractivity contribution in [2.75, 3.05) is 0 Å². The van der Waals surface area contributed by atoms with Gasteiger partial charge < -0.3 is 9.88 Å². The Morgan fingerprint density at radius 2 is 1.71 bits per heavy atom. The van der Waals surface area contributed by atoms with Gasteiger partial charge in [0.25, 0.3) is 5.56 Å². The quantitative estimate of drug-likeness (QED) is 0.628. The Bertz CT molecular complexity index is 1200. The van der Waals surface area contributed by atoms with Crippen LogP contribution in [-0.4, -0.2) is 24.6 Å². The maximum atomic E-state index is 12.8. The summed E-state index contributed by atoms with van der Waals surface area (Å²) in [6, 6.07) is 8.03. The minimum absolute atomic E-state index is 0.138. The highest BCUT2D eigenvalue weighted by molar-refractivity contribution is 5.77. The van der Waals surface area contributed by atoms with Gasteiger partial charge in [0.05, 0.1) is 12.4 Å². The summed E-state index contributed by atoms with van der Waals surface area (Å²) in [5.41, 5.74) is 1.76. The Morgan fingerprint density at radius 1 is 1.06 bits per heavy atom. The van der Waals surface area contributed by atoms with E-state index in [-0.39, 0.29) is 29.9 Å². The van der Waals surface area contributed by atoms with Gasteiger partial charge in [-0.15, -0.1) is 0 Å². The molecule has 0 fully saturated rings. The van der Waals surface area contributed by atoms with Gasteiger partial charge >= 0.3 is 5.69 Å². The Kier molecular flexibility index (Phi) is 6.48. The molecule has 0 unspecified atom stereocenters. The standard InChI is InChI=1S/C23H31N5O3/c1-14(2)11-16-7-9-17(10-8-16)19(15(3)4)25-18(29)12-28-22(30)20-21(24-13-26(20)5)27(6)23(28)31/h7-10,13-15,19H,11-12H2,1-6H3,(H,25,29)/t19-/m0/s1. The largest absolute Gasteiger partial charge is 0.347 e. The minimum atomic E-state index is -0.564. The van der Waals surface area contributed by atoms with E-state index in [4.69, 9.17) is 0 Å². The molecule has 1 amide bonds. The second-order valence-corrected chi connectivity index (χ2v) is 8.89. The molecule has 0 aliphatic carbocycles. The summed E-state index contributed by atoms with van der Waals surface area (Å²) in [6.07, 6.45) is 2.48. The van der Waals surface area contributed by atoms with Crippen LogP contribution in [0.2, 0.25) is 0 Å². The lowest BCUT2D eigenvalue weighted by molar-refractivity contribution is -0.122. The zero-order valence-electron chi connectivity index (χ0n) is 19.0. The van der Waals surface area contributed by atoms with Crippen LogP contribution < -0.4 is 16.6 Å². The molecule has 0 spiro atoms. The van der Waals surface area contributed by atoms with Crippen molar-refractivity contribution >= 4 is 17.1 Å². The molecular formula is C23H31N5O3. The van der Waals surface area contributed by atoms with Crippen LogP contribution in [0.15, 0.2) is 40.2 Å². The van der Waals surface area contributed by atoms with Crippen molar-refractivity contribution in [2.24, 2.45) is 25.9 Å². The first-order chi connectivity index (χ1) is 14.6. The van der Waals surface area contributed by atoms with Gasteiger partial charge in [-0.1, -0.05) is 52.0 Å². The number of amides is 1. The number of nitrogens with zero attached hydrogens (tertiary/aromatic N) is 4. The Balaban J connectivity index is 1.85. The Morgan fingerprint density at radius 3 is 2.29 bits per heavy atom. The van der Waals surface area contributed by atoms with E-state index in [0.29, 0.717) is 11.6 Å². The molecule has 31 heavy (non-hydrogen) atoms. The van der Waals surface area contributed by atoms with Crippen LogP contribution in [-0.2, 0) is 31.9 Å². The first-order valence-electron chi connectivity index (χ1n) is 10.6. The zero-order chi connectivity index (χ0) is 22.9. The maximum Gasteiger partial charge on any atom is 0.332 e. The van der Waals surface area contributed by atoms with Crippen molar-refractivity contribution in [3.8, 4) is 0 Å². The number of nitrogens with one attached hydrogen (secondary N) is 1. The number of carbonyl (C=O) groups is 1. The molecule has 1 aromatic carbocycles. The Labute approximate surface area is 181 Å². The van der Waals surface area contributed by atoms with Crippen LogP contribution in [0.25, 0.3) is 11.2 Å². The second kappa shape index (κ2) is 8.91. The van der Waals surface area contributed by atoms with E-state index >= 15 is 0 Å². The normalized spacial score (nSPS) is 12.6. The smallest absolute Gasteiger partial charge is 0.332 e. The Hall–Kier alpha value is -3.16. The molecule has 0 bridgehead atoms. The molecule has 166 valence electrons. The molecule has 3 aromatic rings. The lowest BCUT2D eigenvalue weighted by Crippen LogP contribution is -2.44. The summed E-state index contributed by atoms with van der Waals surface area (Å²) in [4.78, 5) is 42.5. The van der Waals surface area contributed by atoms with E-state index in [1.54, 1.807) is 18.7 Å². The van der Waals surface area contributed by atoms with Crippen LogP contribution in [0.1, 0.15) is 44.9 Å². The molecule has 2 heterocycles. The summed E-state index contributed by atoms with van der Waals surface area (Å²) in [5, 5.41) is 3.00. The molecule has 2 aromatic heterocycles. The third-order valence-corrected chi connectivity index (χ3v) is 5.47. The van der Waals surface area contributed by atoms with Crippen molar-refractivity contribution in [2.45, 2.75) is 46.7 Å². The first kappa shape index (κ1) is 22.5. The van der Waals surface area contributed by atoms with Crippen molar-refractivity contribution < 1.29 is 4.79 Å². The first-order valence-corrected chi connectivity index (χ1v) is 10.6. The summed E-state index contributed by atoms with van der Waals surface area (Å²) >= 11 is 0. The fourth-order valence-electron chi connectivity index (χ4n) is 3.87. The van der Waals surface area contributed by atoms with E-state index in [0.717, 1.165) is 16.6 Å². The topological polar surface area (TPSA) is 90.9 Å². The van der Waals surface area contributed by atoms with Gasteiger partial charge in [0.2, 0.25) is 5.91 Å². The maximum absolute atomic E-state index is 12.8. The van der Waals surface area contributed by atoms with Gasteiger partial charge in [-0.25, -0.2) is 14.3 Å². The average Bonchev–Trinajstić information content (AvgIpc) is 3.09. The average molecular weight is 426 g/mol. The fraction of sp³-hybridized carbons (Fsp3) is 0.478. The summed E-state index contributed by atoms with van der Waals surface area (Å²) < 4.78 is 3.81. The predicted octanol–water partition coefficient (Wildman–Crippen LogP) is 2.15. The van der Waals surface area contributed by atoms with E-state index < -0.39 is 11.2 Å². The third kappa shape index (κ3) is 4.62. The van der Waals surface area contributed by atoms with Crippen LogP contribution in [0.3, 0.4) is 0 Å². The zero-order valence-corrected chi connectivity index (χ0v) is 19.0. The summed E-state index contributed by atoms with van der Waals surface area (Å²) in [7, 11) is 3.23. The molecule has 0 saturated carbocycles. The summed E-state index contributed by atoms with van der Waals surface area (Å²) in [6.45, 7) is 8.07. The van der Waals surface area contributed by atoms with Crippen molar-refractivity contribution in [3.63, 3.8) is 0 Å². The second-order valence-electron chi connectivity index (χ2n) is 8.89. The number of benzene rings is 1. The van der Waals surface area contributed by atoms with E-state index in [9.17, 15) is 14.4 Å². The number of aryl methyl sites for hydroxylation is 2. The molecule has 8 heteroatoms.